The lowest BCUT2D eigenvalue weighted by molar-refractivity contribution is -0.129. The molecular formula is C15H16ClN3O2. The molecule has 0 bridgehead atoms. The molecule has 0 unspecified atom stereocenters. The Hall–Kier alpha value is -1.88. The minimum absolute atomic E-state index is 0.126. The molecule has 110 valence electrons. The van der Waals surface area contributed by atoms with Crippen molar-refractivity contribution in [2.45, 2.75) is 25.7 Å². The van der Waals surface area contributed by atoms with Crippen molar-refractivity contribution in [3.63, 3.8) is 0 Å². The van der Waals surface area contributed by atoms with Gasteiger partial charge >= 0.3 is 0 Å². The van der Waals surface area contributed by atoms with Crippen LogP contribution in [0.15, 0.2) is 28.8 Å². The fourth-order valence-electron chi connectivity index (χ4n) is 2.56. The first-order valence-electron chi connectivity index (χ1n) is 6.98. The summed E-state index contributed by atoms with van der Waals surface area (Å²) in [5, 5.41) is 4.72. The van der Waals surface area contributed by atoms with E-state index in [1.54, 1.807) is 19.1 Å². The minimum atomic E-state index is 0.126. The van der Waals surface area contributed by atoms with Gasteiger partial charge in [0.05, 0.1) is 0 Å². The highest BCUT2D eigenvalue weighted by molar-refractivity contribution is 6.30. The van der Waals surface area contributed by atoms with E-state index < -0.39 is 0 Å². The van der Waals surface area contributed by atoms with Gasteiger partial charge in [0, 0.05) is 36.5 Å². The maximum absolute atomic E-state index is 11.3. The van der Waals surface area contributed by atoms with Crippen molar-refractivity contribution in [3.05, 3.63) is 35.2 Å². The third-order valence-corrected chi connectivity index (χ3v) is 4.09. The molecule has 0 atom stereocenters. The van der Waals surface area contributed by atoms with Gasteiger partial charge in [0.15, 0.2) is 0 Å². The number of nitrogens with zero attached hydrogens (tertiary/aromatic N) is 3. The molecular weight excluding hydrogens is 290 g/mol. The monoisotopic (exact) mass is 305 g/mol. The fraction of sp³-hybridized carbons (Fsp3) is 0.400. The molecule has 1 amide bonds. The molecule has 0 N–H and O–H groups in total. The molecule has 21 heavy (non-hydrogen) atoms. The molecule has 1 aliphatic heterocycles. The predicted molar refractivity (Wildman–Crippen MR) is 79.0 cm³/mol. The summed E-state index contributed by atoms with van der Waals surface area (Å²) in [5.41, 5.74) is 0.885. The van der Waals surface area contributed by atoms with Gasteiger partial charge in [-0.1, -0.05) is 16.8 Å². The predicted octanol–water partition coefficient (Wildman–Crippen LogP) is 3.12. The molecule has 5 nitrogen and oxygen atoms in total. The number of piperidine rings is 1. The second-order valence-corrected chi connectivity index (χ2v) is 5.68. The highest BCUT2D eigenvalue weighted by Gasteiger charge is 2.26. The molecule has 0 radical (unpaired) electrons. The SMILES string of the molecule is CC(=O)N1CCC(c2nc(-c3ccc(Cl)cc3)no2)CC1. The van der Waals surface area contributed by atoms with Gasteiger partial charge in [0.25, 0.3) is 0 Å². The normalized spacial score (nSPS) is 16.2. The second kappa shape index (κ2) is 5.85. The number of carbonyl (C=O) groups excluding carboxylic acids is 1. The topological polar surface area (TPSA) is 59.2 Å². The molecule has 1 saturated heterocycles. The van der Waals surface area contributed by atoms with Gasteiger partial charge in [-0.2, -0.15) is 4.98 Å². The van der Waals surface area contributed by atoms with Crippen LogP contribution in [0, 0.1) is 0 Å². The number of carbonyl (C=O) groups is 1. The van der Waals surface area contributed by atoms with E-state index in [0.717, 1.165) is 31.5 Å². The van der Waals surface area contributed by atoms with Gasteiger partial charge in [0.2, 0.25) is 17.6 Å². The van der Waals surface area contributed by atoms with Crippen molar-refractivity contribution in [3.8, 4) is 11.4 Å². The Morgan fingerprint density at radius 2 is 1.95 bits per heavy atom. The lowest BCUT2D eigenvalue weighted by Crippen LogP contribution is -2.36. The molecule has 1 aromatic carbocycles. The summed E-state index contributed by atoms with van der Waals surface area (Å²) >= 11 is 5.87. The Morgan fingerprint density at radius 3 is 2.57 bits per heavy atom. The Balaban J connectivity index is 1.71. The van der Waals surface area contributed by atoms with Crippen LogP contribution in [0.4, 0.5) is 0 Å². The smallest absolute Gasteiger partial charge is 0.230 e. The number of aromatic nitrogens is 2. The summed E-state index contributed by atoms with van der Waals surface area (Å²) in [6, 6.07) is 7.35. The van der Waals surface area contributed by atoms with Crippen LogP contribution in [0.25, 0.3) is 11.4 Å². The highest BCUT2D eigenvalue weighted by atomic mass is 35.5. The summed E-state index contributed by atoms with van der Waals surface area (Å²) in [5.74, 6) is 1.59. The quantitative estimate of drug-likeness (QED) is 0.855. The summed E-state index contributed by atoms with van der Waals surface area (Å²) < 4.78 is 5.39. The standard InChI is InChI=1S/C15H16ClN3O2/c1-10(20)19-8-6-12(7-9-19)15-17-14(18-21-15)11-2-4-13(16)5-3-11/h2-5,12H,6-9H2,1H3. The summed E-state index contributed by atoms with van der Waals surface area (Å²) in [6.45, 7) is 3.10. The maximum atomic E-state index is 11.3. The number of hydrogen-bond donors (Lipinski definition) is 0. The van der Waals surface area contributed by atoms with Gasteiger partial charge in [-0.3, -0.25) is 4.79 Å². The van der Waals surface area contributed by atoms with Crippen molar-refractivity contribution in [1.29, 1.82) is 0 Å². The highest BCUT2D eigenvalue weighted by Crippen LogP contribution is 2.28. The van der Waals surface area contributed by atoms with E-state index in [4.69, 9.17) is 16.1 Å². The molecule has 3 rings (SSSR count). The average Bonchev–Trinajstić information content (AvgIpc) is 2.98. The van der Waals surface area contributed by atoms with Gasteiger partial charge in [-0.25, -0.2) is 0 Å². The van der Waals surface area contributed by atoms with E-state index in [0.29, 0.717) is 16.7 Å². The van der Waals surface area contributed by atoms with E-state index >= 15 is 0 Å². The van der Waals surface area contributed by atoms with Crippen LogP contribution in [-0.4, -0.2) is 34.0 Å². The van der Waals surface area contributed by atoms with Crippen LogP contribution < -0.4 is 0 Å². The van der Waals surface area contributed by atoms with Crippen molar-refractivity contribution in [2.24, 2.45) is 0 Å². The van der Waals surface area contributed by atoms with E-state index in [1.807, 2.05) is 17.0 Å². The summed E-state index contributed by atoms with van der Waals surface area (Å²) in [6.07, 6.45) is 1.73. The molecule has 0 spiro atoms. The minimum Gasteiger partial charge on any atom is -0.343 e. The number of halogens is 1. The van der Waals surface area contributed by atoms with Gasteiger partial charge in [-0.15, -0.1) is 0 Å². The number of amides is 1. The van der Waals surface area contributed by atoms with Gasteiger partial charge in [-0.05, 0) is 37.1 Å². The van der Waals surface area contributed by atoms with Gasteiger partial charge < -0.3 is 9.42 Å². The van der Waals surface area contributed by atoms with Crippen LogP contribution in [0.5, 0.6) is 0 Å². The lowest BCUT2D eigenvalue weighted by atomic mass is 9.97. The molecule has 2 heterocycles. The van der Waals surface area contributed by atoms with Crippen molar-refractivity contribution >= 4 is 17.5 Å². The third-order valence-electron chi connectivity index (χ3n) is 3.83. The van der Waals surface area contributed by atoms with Crippen molar-refractivity contribution < 1.29 is 9.32 Å². The average molecular weight is 306 g/mol. The Kier molecular flexibility index (Phi) is 3.92. The van der Waals surface area contributed by atoms with Crippen LogP contribution in [-0.2, 0) is 4.79 Å². The van der Waals surface area contributed by atoms with E-state index in [9.17, 15) is 4.79 Å². The molecule has 1 aromatic heterocycles. The summed E-state index contributed by atoms with van der Waals surface area (Å²) in [4.78, 5) is 17.7. The lowest BCUT2D eigenvalue weighted by Gasteiger charge is -2.29. The zero-order chi connectivity index (χ0) is 14.8. The van der Waals surface area contributed by atoms with E-state index in [-0.39, 0.29) is 11.8 Å². The second-order valence-electron chi connectivity index (χ2n) is 5.24. The van der Waals surface area contributed by atoms with Crippen LogP contribution in [0.1, 0.15) is 31.6 Å². The largest absolute Gasteiger partial charge is 0.343 e. The molecule has 0 saturated carbocycles. The fourth-order valence-corrected chi connectivity index (χ4v) is 2.68. The van der Waals surface area contributed by atoms with E-state index in [2.05, 4.69) is 10.1 Å². The molecule has 1 aliphatic rings. The Morgan fingerprint density at radius 1 is 1.29 bits per heavy atom. The zero-order valence-electron chi connectivity index (χ0n) is 11.8. The number of hydrogen-bond acceptors (Lipinski definition) is 4. The number of rotatable bonds is 2. The molecule has 0 aliphatic carbocycles. The Labute approximate surface area is 127 Å². The molecule has 2 aromatic rings. The first-order valence-corrected chi connectivity index (χ1v) is 7.36. The first-order chi connectivity index (χ1) is 10.1. The number of likely N-dealkylation sites (tertiary alicyclic amines) is 1. The van der Waals surface area contributed by atoms with Crippen LogP contribution >= 0.6 is 11.6 Å². The zero-order valence-corrected chi connectivity index (χ0v) is 12.5. The summed E-state index contributed by atoms with van der Waals surface area (Å²) in [7, 11) is 0. The van der Waals surface area contributed by atoms with Gasteiger partial charge in [0.1, 0.15) is 0 Å². The maximum Gasteiger partial charge on any atom is 0.230 e. The number of benzene rings is 1. The van der Waals surface area contributed by atoms with E-state index in [1.165, 1.54) is 0 Å². The van der Waals surface area contributed by atoms with Crippen molar-refractivity contribution in [1.82, 2.24) is 15.0 Å². The van der Waals surface area contributed by atoms with Crippen LogP contribution in [0.3, 0.4) is 0 Å². The molecule has 1 fully saturated rings. The Bertz CT molecular complexity index is 631. The third kappa shape index (κ3) is 3.08. The van der Waals surface area contributed by atoms with Crippen molar-refractivity contribution in [2.75, 3.05) is 13.1 Å². The first kappa shape index (κ1) is 14.1. The van der Waals surface area contributed by atoms with Crippen LogP contribution in [0.2, 0.25) is 5.02 Å². The molecule has 6 heteroatoms.